The van der Waals surface area contributed by atoms with Gasteiger partial charge in [-0.2, -0.15) is 0 Å². The van der Waals surface area contributed by atoms with Crippen molar-refractivity contribution in [2.45, 2.75) is 46.7 Å². The number of amides is 2. The Labute approximate surface area is 173 Å². The second-order valence-corrected chi connectivity index (χ2v) is 8.15. The average molecular weight is 398 g/mol. The van der Waals surface area contributed by atoms with Gasteiger partial charge in [0.25, 0.3) is 11.8 Å². The first-order valence-electron chi connectivity index (χ1n) is 9.62. The van der Waals surface area contributed by atoms with E-state index in [9.17, 15) is 9.59 Å². The molecule has 2 N–H and O–H groups in total. The van der Waals surface area contributed by atoms with Crippen molar-refractivity contribution in [2.75, 3.05) is 14.2 Å². The lowest BCUT2D eigenvalue weighted by Crippen LogP contribution is -2.56. The van der Waals surface area contributed by atoms with Crippen LogP contribution in [0.2, 0.25) is 0 Å². The van der Waals surface area contributed by atoms with Crippen LogP contribution in [0, 0.1) is 13.8 Å². The van der Waals surface area contributed by atoms with Crippen molar-refractivity contribution < 1.29 is 14.3 Å². The van der Waals surface area contributed by atoms with E-state index in [2.05, 4.69) is 10.7 Å². The van der Waals surface area contributed by atoms with Crippen LogP contribution in [-0.4, -0.2) is 36.5 Å². The highest BCUT2D eigenvalue weighted by molar-refractivity contribution is 6.00. The molecule has 2 aromatic carbocycles. The van der Waals surface area contributed by atoms with Crippen LogP contribution in [0.1, 0.15) is 58.2 Å². The fourth-order valence-corrected chi connectivity index (χ4v) is 3.24. The molecular formula is C23H31N3O3. The van der Waals surface area contributed by atoms with E-state index in [1.807, 2.05) is 58.9 Å². The summed E-state index contributed by atoms with van der Waals surface area (Å²) in [6, 6.07) is 11.0. The maximum absolute atomic E-state index is 13.3. The van der Waals surface area contributed by atoms with Gasteiger partial charge in [-0.15, -0.1) is 0 Å². The van der Waals surface area contributed by atoms with Gasteiger partial charge in [0.1, 0.15) is 5.75 Å². The molecule has 0 heterocycles. The molecule has 0 radical (unpaired) electrons. The average Bonchev–Trinajstić information content (AvgIpc) is 2.64. The Morgan fingerprint density at radius 3 is 2.21 bits per heavy atom. The number of ether oxygens (including phenoxy) is 1. The quantitative estimate of drug-likeness (QED) is 0.756. The van der Waals surface area contributed by atoms with Gasteiger partial charge in [0, 0.05) is 23.2 Å². The van der Waals surface area contributed by atoms with Crippen LogP contribution in [0.15, 0.2) is 36.4 Å². The summed E-state index contributed by atoms with van der Waals surface area (Å²) in [7, 11) is 3.38. The summed E-state index contributed by atoms with van der Waals surface area (Å²) < 4.78 is 5.40. The molecule has 0 bridgehead atoms. The normalized spacial score (nSPS) is 11.1. The molecule has 156 valence electrons. The van der Waals surface area contributed by atoms with Crippen molar-refractivity contribution in [1.29, 1.82) is 0 Å². The fraction of sp³-hybridized carbons (Fsp3) is 0.391. The zero-order valence-corrected chi connectivity index (χ0v) is 18.3. The molecule has 2 amide bonds. The number of hydrogen-bond donors (Lipinski definition) is 2. The number of aryl methyl sites for hydroxylation is 2. The fourth-order valence-electron chi connectivity index (χ4n) is 3.24. The van der Waals surface area contributed by atoms with Gasteiger partial charge in [0.05, 0.1) is 12.6 Å². The van der Waals surface area contributed by atoms with Crippen LogP contribution in [-0.2, 0) is 6.54 Å². The molecule has 6 nitrogen and oxygen atoms in total. The van der Waals surface area contributed by atoms with Crippen LogP contribution in [0.3, 0.4) is 0 Å². The SMILES string of the molecule is CNCc1c(OC)cccc1C(=O)NN(C(=O)c1cc(C)cc(C)c1)C(C)(C)C. The number of hydrazine groups is 1. The van der Waals surface area contributed by atoms with E-state index >= 15 is 0 Å². The molecule has 0 saturated heterocycles. The summed E-state index contributed by atoms with van der Waals surface area (Å²) in [5.41, 5.74) is 5.94. The van der Waals surface area contributed by atoms with Crippen molar-refractivity contribution in [2.24, 2.45) is 0 Å². The molecule has 0 atom stereocenters. The van der Waals surface area contributed by atoms with Gasteiger partial charge >= 0.3 is 0 Å². The van der Waals surface area contributed by atoms with Gasteiger partial charge in [-0.05, 0) is 65.9 Å². The highest BCUT2D eigenvalue weighted by Crippen LogP contribution is 2.23. The first kappa shape index (κ1) is 22.4. The second-order valence-electron chi connectivity index (χ2n) is 8.15. The predicted molar refractivity (Wildman–Crippen MR) is 115 cm³/mol. The molecule has 0 fully saturated rings. The Morgan fingerprint density at radius 1 is 1.07 bits per heavy atom. The summed E-state index contributed by atoms with van der Waals surface area (Å²) in [5, 5.41) is 4.45. The Balaban J connectivity index is 2.41. The minimum absolute atomic E-state index is 0.254. The summed E-state index contributed by atoms with van der Waals surface area (Å²) in [6.07, 6.45) is 0. The predicted octanol–water partition coefficient (Wildman–Crippen LogP) is 3.62. The number of nitrogens with one attached hydrogen (secondary N) is 2. The van der Waals surface area contributed by atoms with Crippen molar-refractivity contribution in [1.82, 2.24) is 15.8 Å². The van der Waals surface area contributed by atoms with Gasteiger partial charge in [-0.3, -0.25) is 15.0 Å². The Hall–Kier alpha value is -2.86. The molecule has 0 aliphatic carbocycles. The maximum atomic E-state index is 13.3. The molecule has 0 aromatic heterocycles. The van der Waals surface area contributed by atoms with Gasteiger partial charge in [-0.1, -0.05) is 23.3 Å². The van der Waals surface area contributed by atoms with Crippen LogP contribution in [0.4, 0.5) is 0 Å². The molecule has 0 aliphatic rings. The summed E-state index contributed by atoms with van der Waals surface area (Å²) >= 11 is 0. The molecular weight excluding hydrogens is 366 g/mol. The van der Waals surface area contributed by atoms with Gasteiger partial charge < -0.3 is 10.1 Å². The van der Waals surface area contributed by atoms with Gasteiger partial charge in [0.2, 0.25) is 0 Å². The van der Waals surface area contributed by atoms with Crippen molar-refractivity contribution in [3.8, 4) is 5.75 Å². The molecule has 2 rings (SSSR count). The second kappa shape index (κ2) is 9.09. The molecule has 2 aromatic rings. The van der Waals surface area contributed by atoms with E-state index < -0.39 is 5.54 Å². The Morgan fingerprint density at radius 2 is 1.69 bits per heavy atom. The number of benzene rings is 2. The monoisotopic (exact) mass is 397 g/mol. The minimum atomic E-state index is -0.619. The van der Waals surface area contributed by atoms with E-state index in [4.69, 9.17) is 4.74 Å². The van der Waals surface area contributed by atoms with E-state index in [-0.39, 0.29) is 11.8 Å². The molecule has 29 heavy (non-hydrogen) atoms. The zero-order valence-electron chi connectivity index (χ0n) is 18.3. The van der Waals surface area contributed by atoms with E-state index in [1.54, 1.807) is 26.3 Å². The summed E-state index contributed by atoms with van der Waals surface area (Å²) in [6.45, 7) is 10.0. The third-order valence-corrected chi connectivity index (χ3v) is 4.51. The van der Waals surface area contributed by atoms with Crippen molar-refractivity contribution in [3.63, 3.8) is 0 Å². The highest BCUT2D eigenvalue weighted by atomic mass is 16.5. The Bertz CT molecular complexity index is 880. The molecule has 0 unspecified atom stereocenters. The van der Waals surface area contributed by atoms with Crippen molar-refractivity contribution in [3.05, 3.63) is 64.2 Å². The minimum Gasteiger partial charge on any atom is -0.496 e. The lowest BCUT2D eigenvalue weighted by molar-refractivity contribution is 0.0358. The molecule has 0 spiro atoms. The standard InChI is InChI=1S/C23H31N3O3/c1-15-11-16(2)13-17(12-15)22(28)26(23(3,4)5)25-21(27)18-9-8-10-20(29-7)19(18)14-24-6/h8-13,24H,14H2,1-7H3,(H,25,27). The largest absolute Gasteiger partial charge is 0.496 e. The van der Waals surface area contributed by atoms with E-state index in [0.29, 0.717) is 23.4 Å². The van der Waals surface area contributed by atoms with Crippen LogP contribution >= 0.6 is 0 Å². The van der Waals surface area contributed by atoms with Gasteiger partial charge in [0.15, 0.2) is 0 Å². The summed E-state index contributed by atoms with van der Waals surface area (Å²) in [4.78, 5) is 26.4. The zero-order chi connectivity index (χ0) is 21.8. The first-order chi connectivity index (χ1) is 13.6. The lowest BCUT2D eigenvalue weighted by atomic mass is 10.0. The number of carbonyl (C=O) groups excluding carboxylic acids is 2. The highest BCUT2D eigenvalue weighted by Gasteiger charge is 2.30. The number of nitrogens with zero attached hydrogens (tertiary/aromatic N) is 1. The number of methoxy groups -OCH3 is 1. The van der Waals surface area contributed by atoms with Crippen LogP contribution in [0.5, 0.6) is 5.75 Å². The Kier molecular flexibility index (Phi) is 7.03. The van der Waals surface area contributed by atoms with Crippen LogP contribution < -0.4 is 15.5 Å². The van der Waals surface area contributed by atoms with Crippen molar-refractivity contribution >= 4 is 11.8 Å². The smallest absolute Gasteiger partial charge is 0.272 e. The van der Waals surface area contributed by atoms with E-state index in [1.165, 1.54) is 5.01 Å². The van der Waals surface area contributed by atoms with Crippen LogP contribution in [0.25, 0.3) is 0 Å². The number of rotatable bonds is 5. The van der Waals surface area contributed by atoms with Gasteiger partial charge in [-0.25, -0.2) is 5.01 Å². The van der Waals surface area contributed by atoms with E-state index in [0.717, 1.165) is 16.7 Å². The molecule has 0 saturated carbocycles. The lowest BCUT2D eigenvalue weighted by Gasteiger charge is -2.36. The third-order valence-electron chi connectivity index (χ3n) is 4.51. The number of carbonyl (C=O) groups is 2. The topological polar surface area (TPSA) is 70.7 Å². The summed E-state index contributed by atoms with van der Waals surface area (Å²) in [5.74, 6) is 0.00690. The molecule has 0 aliphatic heterocycles. The third kappa shape index (κ3) is 5.35. The maximum Gasteiger partial charge on any atom is 0.272 e. The first-order valence-corrected chi connectivity index (χ1v) is 9.62. The number of hydrogen-bond acceptors (Lipinski definition) is 4. The molecule has 6 heteroatoms.